The van der Waals surface area contributed by atoms with Gasteiger partial charge in [0.2, 0.25) is 0 Å². The SMILES string of the molecule is O=C(COc1ccc2ccccc2c1)Nc1ccc2c(c1)CCCN2C(=O)c1ccco1. The van der Waals surface area contributed by atoms with Crippen molar-refractivity contribution in [2.45, 2.75) is 12.8 Å². The Morgan fingerprint density at radius 1 is 0.969 bits per heavy atom. The second-order valence-electron chi connectivity index (χ2n) is 7.73. The van der Waals surface area contributed by atoms with Crippen molar-refractivity contribution in [2.24, 2.45) is 0 Å². The standard InChI is InChI=1S/C26H22N2O4/c29-25(17-32-22-11-9-18-5-1-2-6-19(18)16-22)27-21-10-12-23-20(15-21)7-3-13-28(23)26(30)24-8-4-14-31-24/h1-2,4-6,8-12,14-16H,3,7,13,17H2,(H,27,29). The average Bonchev–Trinajstić information content (AvgIpc) is 3.37. The number of rotatable bonds is 5. The normalized spacial score (nSPS) is 12.9. The van der Waals surface area contributed by atoms with Crippen LogP contribution in [0.4, 0.5) is 11.4 Å². The van der Waals surface area contributed by atoms with E-state index in [0.29, 0.717) is 23.7 Å². The zero-order valence-corrected chi connectivity index (χ0v) is 17.4. The summed E-state index contributed by atoms with van der Waals surface area (Å²) in [7, 11) is 0. The molecule has 32 heavy (non-hydrogen) atoms. The number of nitrogens with one attached hydrogen (secondary N) is 1. The quantitative estimate of drug-likeness (QED) is 0.485. The van der Waals surface area contributed by atoms with Gasteiger partial charge in [-0.25, -0.2) is 0 Å². The minimum Gasteiger partial charge on any atom is -0.484 e. The number of amides is 2. The minimum absolute atomic E-state index is 0.0848. The Balaban J connectivity index is 1.24. The maximum absolute atomic E-state index is 12.7. The Morgan fingerprint density at radius 3 is 2.69 bits per heavy atom. The highest BCUT2D eigenvalue weighted by Gasteiger charge is 2.25. The van der Waals surface area contributed by atoms with Gasteiger partial charge < -0.3 is 19.4 Å². The molecule has 5 rings (SSSR count). The fourth-order valence-corrected chi connectivity index (χ4v) is 4.02. The Kier molecular flexibility index (Phi) is 5.34. The molecular formula is C26H22N2O4. The summed E-state index contributed by atoms with van der Waals surface area (Å²) >= 11 is 0. The number of benzene rings is 3. The average molecular weight is 426 g/mol. The van der Waals surface area contributed by atoms with E-state index in [1.165, 1.54) is 6.26 Å². The van der Waals surface area contributed by atoms with E-state index in [1.807, 2.05) is 54.6 Å². The van der Waals surface area contributed by atoms with Crippen molar-refractivity contribution in [3.63, 3.8) is 0 Å². The predicted octanol–water partition coefficient (Wildman–Crippen LogP) is 5.04. The van der Waals surface area contributed by atoms with Crippen molar-refractivity contribution in [1.29, 1.82) is 0 Å². The summed E-state index contributed by atoms with van der Waals surface area (Å²) in [6.07, 6.45) is 3.19. The summed E-state index contributed by atoms with van der Waals surface area (Å²) in [5, 5.41) is 5.07. The van der Waals surface area contributed by atoms with Crippen molar-refractivity contribution in [3.05, 3.63) is 90.4 Å². The zero-order chi connectivity index (χ0) is 21.9. The van der Waals surface area contributed by atoms with Crippen LogP contribution in [0.25, 0.3) is 10.8 Å². The van der Waals surface area contributed by atoms with E-state index < -0.39 is 0 Å². The van der Waals surface area contributed by atoms with Crippen molar-refractivity contribution in [2.75, 3.05) is 23.4 Å². The van der Waals surface area contributed by atoms with Crippen LogP contribution in [-0.2, 0) is 11.2 Å². The van der Waals surface area contributed by atoms with Gasteiger partial charge in [-0.3, -0.25) is 9.59 Å². The van der Waals surface area contributed by atoms with Gasteiger partial charge >= 0.3 is 0 Å². The summed E-state index contributed by atoms with van der Waals surface area (Å²) in [5.74, 6) is 0.575. The summed E-state index contributed by atoms with van der Waals surface area (Å²) in [6.45, 7) is 0.552. The van der Waals surface area contributed by atoms with E-state index in [2.05, 4.69) is 5.32 Å². The molecule has 4 aromatic rings. The van der Waals surface area contributed by atoms with Gasteiger partial charge in [0, 0.05) is 17.9 Å². The molecule has 0 fully saturated rings. The molecule has 1 aliphatic rings. The Morgan fingerprint density at radius 2 is 1.84 bits per heavy atom. The number of nitrogens with zero attached hydrogens (tertiary/aromatic N) is 1. The molecule has 0 aliphatic carbocycles. The first-order chi connectivity index (χ1) is 15.7. The lowest BCUT2D eigenvalue weighted by molar-refractivity contribution is -0.118. The van der Waals surface area contributed by atoms with E-state index >= 15 is 0 Å². The Hall–Kier alpha value is -4.06. The molecular weight excluding hydrogens is 404 g/mol. The molecule has 0 saturated heterocycles. The summed E-state index contributed by atoms with van der Waals surface area (Å²) in [4.78, 5) is 26.9. The third kappa shape index (κ3) is 4.07. The Bertz CT molecular complexity index is 1280. The molecule has 0 bridgehead atoms. The van der Waals surface area contributed by atoms with Gasteiger partial charge in [0.1, 0.15) is 5.75 Å². The minimum atomic E-state index is -0.238. The second kappa shape index (κ2) is 8.59. The van der Waals surface area contributed by atoms with Crippen LogP contribution >= 0.6 is 0 Å². The maximum Gasteiger partial charge on any atom is 0.293 e. The van der Waals surface area contributed by atoms with Crippen LogP contribution in [0, 0.1) is 0 Å². The van der Waals surface area contributed by atoms with Gasteiger partial charge in [0.25, 0.3) is 11.8 Å². The molecule has 160 valence electrons. The van der Waals surface area contributed by atoms with Crippen LogP contribution in [0.1, 0.15) is 22.5 Å². The van der Waals surface area contributed by atoms with Crippen LogP contribution < -0.4 is 15.0 Å². The van der Waals surface area contributed by atoms with E-state index in [0.717, 1.165) is 34.9 Å². The van der Waals surface area contributed by atoms with Gasteiger partial charge in [-0.2, -0.15) is 0 Å². The number of hydrogen-bond donors (Lipinski definition) is 1. The van der Waals surface area contributed by atoms with Gasteiger partial charge in [-0.1, -0.05) is 30.3 Å². The lowest BCUT2D eigenvalue weighted by Crippen LogP contribution is -2.35. The highest BCUT2D eigenvalue weighted by atomic mass is 16.5. The molecule has 0 saturated carbocycles. The summed E-state index contributed by atoms with van der Waals surface area (Å²) in [5.41, 5.74) is 2.55. The molecule has 0 atom stereocenters. The molecule has 3 aromatic carbocycles. The van der Waals surface area contributed by atoms with Crippen LogP contribution in [0.3, 0.4) is 0 Å². The summed E-state index contributed by atoms with van der Waals surface area (Å²) in [6, 6.07) is 22.7. The van der Waals surface area contributed by atoms with Crippen molar-refractivity contribution < 1.29 is 18.7 Å². The number of furan rings is 1. The second-order valence-corrected chi connectivity index (χ2v) is 7.73. The molecule has 0 spiro atoms. The molecule has 1 aliphatic heterocycles. The molecule has 2 heterocycles. The number of anilines is 2. The fourth-order valence-electron chi connectivity index (χ4n) is 4.02. The summed E-state index contributed by atoms with van der Waals surface area (Å²) < 4.78 is 10.9. The first-order valence-electron chi connectivity index (χ1n) is 10.6. The van der Waals surface area contributed by atoms with Crippen LogP contribution in [0.15, 0.2) is 83.5 Å². The fraction of sp³-hybridized carbons (Fsp3) is 0.154. The number of aryl methyl sites for hydroxylation is 1. The third-order valence-electron chi connectivity index (χ3n) is 5.55. The van der Waals surface area contributed by atoms with E-state index in [1.54, 1.807) is 23.1 Å². The van der Waals surface area contributed by atoms with E-state index in [4.69, 9.17) is 9.15 Å². The highest BCUT2D eigenvalue weighted by Crippen LogP contribution is 2.31. The molecule has 6 heteroatoms. The molecule has 6 nitrogen and oxygen atoms in total. The largest absolute Gasteiger partial charge is 0.484 e. The highest BCUT2D eigenvalue weighted by molar-refractivity contribution is 6.05. The topological polar surface area (TPSA) is 71.8 Å². The van der Waals surface area contributed by atoms with Gasteiger partial charge in [-0.15, -0.1) is 0 Å². The molecule has 1 N–H and O–H groups in total. The number of carbonyl (C=O) groups is 2. The lowest BCUT2D eigenvalue weighted by atomic mass is 10.0. The van der Waals surface area contributed by atoms with E-state index in [9.17, 15) is 9.59 Å². The van der Waals surface area contributed by atoms with Crippen molar-refractivity contribution in [1.82, 2.24) is 0 Å². The predicted molar refractivity (Wildman–Crippen MR) is 123 cm³/mol. The maximum atomic E-state index is 12.7. The van der Waals surface area contributed by atoms with Crippen LogP contribution in [-0.4, -0.2) is 25.0 Å². The molecule has 0 radical (unpaired) electrons. The van der Waals surface area contributed by atoms with Gasteiger partial charge in [0.15, 0.2) is 12.4 Å². The number of fused-ring (bicyclic) bond motifs is 2. The Labute approximate surface area is 185 Å². The monoisotopic (exact) mass is 426 g/mol. The molecule has 1 aromatic heterocycles. The van der Waals surface area contributed by atoms with Crippen molar-refractivity contribution >= 4 is 34.0 Å². The first-order valence-corrected chi connectivity index (χ1v) is 10.6. The number of hydrogen-bond acceptors (Lipinski definition) is 4. The first kappa shape index (κ1) is 19.9. The van der Waals surface area contributed by atoms with Crippen molar-refractivity contribution in [3.8, 4) is 5.75 Å². The van der Waals surface area contributed by atoms with Gasteiger partial charge in [0.05, 0.1) is 6.26 Å². The lowest BCUT2D eigenvalue weighted by Gasteiger charge is -2.29. The number of carbonyl (C=O) groups excluding carboxylic acids is 2. The molecule has 2 amide bonds. The van der Waals surface area contributed by atoms with E-state index in [-0.39, 0.29) is 18.4 Å². The van der Waals surface area contributed by atoms with Crippen LogP contribution in [0.5, 0.6) is 5.75 Å². The molecule has 0 unspecified atom stereocenters. The zero-order valence-electron chi connectivity index (χ0n) is 17.4. The van der Waals surface area contributed by atoms with Gasteiger partial charge in [-0.05, 0) is 71.6 Å². The smallest absolute Gasteiger partial charge is 0.293 e. The van der Waals surface area contributed by atoms with Crippen LogP contribution in [0.2, 0.25) is 0 Å². The number of ether oxygens (including phenoxy) is 1. The third-order valence-corrected chi connectivity index (χ3v) is 5.55.